The third-order valence-electron chi connectivity index (χ3n) is 4.02. The molecule has 20 heavy (non-hydrogen) atoms. The van der Waals surface area contributed by atoms with E-state index in [1.165, 1.54) is 6.42 Å². The molecule has 2 rings (SSSR count). The second-order valence-corrected chi connectivity index (χ2v) is 5.87. The first-order valence-corrected chi connectivity index (χ1v) is 7.21. The molecular formula is C13H25N7. The Morgan fingerprint density at radius 2 is 1.80 bits per heavy atom. The Kier molecular flexibility index (Phi) is 4.27. The number of nitrogen functional groups attached to an aromatic ring is 1. The van der Waals surface area contributed by atoms with Crippen molar-refractivity contribution in [2.24, 2.45) is 17.2 Å². The maximum absolute atomic E-state index is 5.43. The molecule has 1 atom stereocenters. The lowest BCUT2D eigenvalue weighted by atomic mass is 10.1. The molecule has 7 nitrogen and oxygen atoms in total. The highest BCUT2D eigenvalue weighted by atomic mass is 15.4. The quantitative estimate of drug-likeness (QED) is 0.514. The summed E-state index contributed by atoms with van der Waals surface area (Å²) in [6.45, 7) is 11.3. The van der Waals surface area contributed by atoms with Gasteiger partial charge in [-0.05, 0) is 31.6 Å². The van der Waals surface area contributed by atoms with E-state index in [1.54, 1.807) is 0 Å². The highest BCUT2D eigenvalue weighted by Gasteiger charge is 2.45. The van der Waals surface area contributed by atoms with E-state index >= 15 is 0 Å². The molecule has 0 radical (unpaired) electrons. The second kappa shape index (κ2) is 5.78. The van der Waals surface area contributed by atoms with E-state index in [-0.39, 0.29) is 0 Å². The van der Waals surface area contributed by atoms with Gasteiger partial charge in [0.2, 0.25) is 17.8 Å². The molecule has 0 aromatic carbocycles. The predicted molar refractivity (Wildman–Crippen MR) is 81.6 cm³/mol. The van der Waals surface area contributed by atoms with Crippen molar-refractivity contribution >= 4 is 17.8 Å². The smallest absolute Gasteiger partial charge is 0.243 e. The molecule has 1 aromatic rings. The molecule has 1 saturated carbocycles. The van der Waals surface area contributed by atoms with E-state index in [9.17, 15) is 0 Å². The zero-order chi connectivity index (χ0) is 14.8. The lowest BCUT2D eigenvalue weighted by Crippen LogP contribution is -2.26. The van der Waals surface area contributed by atoms with Crippen molar-refractivity contribution < 1.29 is 0 Å². The van der Waals surface area contributed by atoms with Gasteiger partial charge in [-0.25, -0.2) is 5.84 Å². The molecule has 1 aliphatic carbocycles. The third kappa shape index (κ3) is 3.27. The number of hydrazine groups is 1. The van der Waals surface area contributed by atoms with Crippen LogP contribution in [0.3, 0.4) is 0 Å². The first-order valence-electron chi connectivity index (χ1n) is 7.21. The molecule has 0 spiro atoms. The highest BCUT2D eigenvalue weighted by molar-refractivity contribution is 5.43. The van der Waals surface area contributed by atoms with E-state index in [1.807, 2.05) is 0 Å². The first-order chi connectivity index (χ1) is 9.50. The first kappa shape index (κ1) is 14.8. The van der Waals surface area contributed by atoms with Crippen LogP contribution in [0, 0.1) is 11.3 Å². The Morgan fingerprint density at radius 1 is 1.20 bits per heavy atom. The number of anilines is 3. The summed E-state index contributed by atoms with van der Waals surface area (Å²) in [5.74, 6) is 7.74. The molecule has 7 heteroatoms. The molecule has 0 aliphatic heterocycles. The van der Waals surface area contributed by atoms with Gasteiger partial charge in [-0.3, -0.25) is 5.43 Å². The van der Waals surface area contributed by atoms with Crippen LogP contribution in [0.5, 0.6) is 0 Å². The molecule has 1 unspecified atom stereocenters. The highest BCUT2D eigenvalue weighted by Crippen LogP contribution is 2.51. The number of nitrogens with zero attached hydrogens (tertiary/aromatic N) is 4. The summed E-state index contributed by atoms with van der Waals surface area (Å²) in [6, 6.07) is 0. The third-order valence-corrected chi connectivity index (χ3v) is 4.02. The number of nitrogens with one attached hydrogen (secondary N) is 2. The molecule has 0 saturated heterocycles. The van der Waals surface area contributed by atoms with Gasteiger partial charge in [0.1, 0.15) is 0 Å². The van der Waals surface area contributed by atoms with Gasteiger partial charge in [0.15, 0.2) is 0 Å². The van der Waals surface area contributed by atoms with Crippen LogP contribution in [0.15, 0.2) is 0 Å². The van der Waals surface area contributed by atoms with Crippen LogP contribution in [-0.2, 0) is 0 Å². The zero-order valence-corrected chi connectivity index (χ0v) is 12.8. The molecule has 4 N–H and O–H groups in total. The lowest BCUT2D eigenvalue weighted by Gasteiger charge is -2.19. The van der Waals surface area contributed by atoms with Crippen molar-refractivity contribution in [3.8, 4) is 0 Å². The summed E-state index contributed by atoms with van der Waals surface area (Å²) in [5, 5.41) is 3.30. The van der Waals surface area contributed by atoms with Gasteiger partial charge >= 0.3 is 0 Å². The summed E-state index contributed by atoms with van der Waals surface area (Å²) >= 11 is 0. The second-order valence-electron chi connectivity index (χ2n) is 5.87. The SMILES string of the molecule is CCN(CC)c1nc(NN)nc(NCC2CC2(C)C)n1. The summed E-state index contributed by atoms with van der Waals surface area (Å²) < 4.78 is 0. The normalized spacial score (nSPS) is 19.6. The van der Waals surface area contributed by atoms with Crippen LogP contribution in [-0.4, -0.2) is 34.6 Å². The molecular weight excluding hydrogens is 254 g/mol. The topological polar surface area (TPSA) is 92.0 Å². The van der Waals surface area contributed by atoms with E-state index in [0.717, 1.165) is 19.6 Å². The Bertz CT molecular complexity index is 456. The van der Waals surface area contributed by atoms with Crippen molar-refractivity contribution in [2.45, 2.75) is 34.1 Å². The van der Waals surface area contributed by atoms with Crippen LogP contribution >= 0.6 is 0 Å². The van der Waals surface area contributed by atoms with Gasteiger partial charge in [0.25, 0.3) is 0 Å². The van der Waals surface area contributed by atoms with Crippen molar-refractivity contribution in [3.63, 3.8) is 0 Å². The summed E-state index contributed by atoms with van der Waals surface area (Å²) in [6.07, 6.45) is 1.25. The molecule has 0 bridgehead atoms. The van der Waals surface area contributed by atoms with Gasteiger partial charge < -0.3 is 10.2 Å². The molecule has 1 aromatic heterocycles. The minimum atomic E-state index is 0.388. The van der Waals surface area contributed by atoms with E-state index in [0.29, 0.717) is 29.2 Å². The Hall–Kier alpha value is -1.63. The van der Waals surface area contributed by atoms with E-state index in [4.69, 9.17) is 5.84 Å². The van der Waals surface area contributed by atoms with Gasteiger partial charge in [-0.15, -0.1) is 0 Å². The Labute approximate surface area is 120 Å². The molecule has 1 fully saturated rings. The van der Waals surface area contributed by atoms with E-state index < -0.39 is 0 Å². The maximum Gasteiger partial charge on any atom is 0.243 e. The number of aromatic nitrogens is 3. The van der Waals surface area contributed by atoms with Crippen LogP contribution < -0.4 is 21.5 Å². The minimum absolute atomic E-state index is 0.388. The van der Waals surface area contributed by atoms with Gasteiger partial charge in [-0.1, -0.05) is 13.8 Å². The van der Waals surface area contributed by atoms with Gasteiger partial charge in [-0.2, -0.15) is 15.0 Å². The Balaban J connectivity index is 2.09. The maximum atomic E-state index is 5.43. The summed E-state index contributed by atoms with van der Waals surface area (Å²) in [7, 11) is 0. The average Bonchev–Trinajstić information content (AvgIpc) is 3.05. The molecule has 0 amide bonds. The van der Waals surface area contributed by atoms with Crippen molar-refractivity contribution in [1.29, 1.82) is 0 Å². The van der Waals surface area contributed by atoms with Gasteiger partial charge in [0.05, 0.1) is 0 Å². The summed E-state index contributed by atoms with van der Waals surface area (Å²) in [4.78, 5) is 15.1. The monoisotopic (exact) mass is 279 g/mol. The number of hydrogen-bond donors (Lipinski definition) is 3. The number of nitrogens with two attached hydrogens (primary N) is 1. The van der Waals surface area contributed by atoms with Crippen molar-refractivity contribution in [2.75, 3.05) is 35.3 Å². The number of rotatable bonds is 7. The molecule has 1 aliphatic rings. The predicted octanol–water partition coefficient (Wildman–Crippen LogP) is 1.46. The van der Waals surface area contributed by atoms with Crippen molar-refractivity contribution in [1.82, 2.24) is 15.0 Å². The van der Waals surface area contributed by atoms with Gasteiger partial charge in [0, 0.05) is 19.6 Å². The minimum Gasteiger partial charge on any atom is -0.354 e. The average molecular weight is 279 g/mol. The standard InChI is InChI=1S/C13H25N7/c1-5-20(6-2)12-17-10(16-11(18-12)19-14)15-8-9-7-13(9,3)4/h9H,5-8,14H2,1-4H3,(H2,15,16,17,18,19). The summed E-state index contributed by atoms with van der Waals surface area (Å²) in [5.41, 5.74) is 2.94. The fraction of sp³-hybridized carbons (Fsp3) is 0.769. The largest absolute Gasteiger partial charge is 0.354 e. The fourth-order valence-corrected chi connectivity index (χ4v) is 2.30. The Morgan fingerprint density at radius 3 is 2.30 bits per heavy atom. The molecule has 1 heterocycles. The van der Waals surface area contributed by atoms with E-state index in [2.05, 4.69) is 58.3 Å². The fourth-order valence-electron chi connectivity index (χ4n) is 2.30. The van der Waals surface area contributed by atoms with Crippen LogP contribution in [0.1, 0.15) is 34.1 Å². The van der Waals surface area contributed by atoms with Crippen LogP contribution in [0.4, 0.5) is 17.8 Å². The zero-order valence-electron chi connectivity index (χ0n) is 12.8. The number of hydrogen-bond acceptors (Lipinski definition) is 7. The van der Waals surface area contributed by atoms with Crippen molar-refractivity contribution in [3.05, 3.63) is 0 Å². The lowest BCUT2D eigenvalue weighted by molar-refractivity contribution is 0.572. The molecule has 112 valence electrons. The van der Waals surface area contributed by atoms with Crippen LogP contribution in [0.25, 0.3) is 0 Å². The van der Waals surface area contributed by atoms with Crippen LogP contribution in [0.2, 0.25) is 0 Å².